The summed E-state index contributed by atoms with van der Waals surface area (Å²) in [5.41, 5.74) is 0.525. The van der Waals surface area contributed by atoms with Gasteiger partial charge in [0.15, 0.2) is 11.3 Å². The van der Waals surface area contributed by atoms with Crippen LogP contribution in [0.15, 0.2) is 56.8 Å². The fourth-order valence-electron chi connectivity index (χ4n) is 3.24. The maximum absolute atomic E-state index is 12.8. The zero-order valence-corrected chi connectivity index (χ0v) is 17.2. The molecule has 0 radical (unpaired) electrons. The molecule has 1 aliphatic rings. The lowest BCUT2D eigenvalue weighted by Gasteiger charge is -2.13. The van der Waals surface area contributed by atoms with E-state index in [1.807, 2.05) is 0 Å². The number of nitrogens with zero attached hydrogens (tertiary/aromatic N) is 2. The Morgan fingerprint density at radius 3 is 2.27 bits per heavy atom. The third kappa shape index (κ3) is 3.88. The van der Waals surface area contributed by atoms with Crippen LogP contribution in [0.25, 0.3) is 11.0 Å². The maximum Gasteiger partial charge on any atom is 0.276 e. The Hall–Kier alpha value is -2.96. The maximum atomic E-state index is 12.8. The van der Waals surface area contributed by atoms with Crippen molar-refractivity contribution in [3.05, 3.63) is 48.2 Å². The molecule has 1 saturated heterocycles. The number of carbonyl (C=O) groups is 1. The van der Waals surface area contributed by atoms with Crippen molar-refractivity contribution < 1.29 is 26.2 Å². The van der Waals surface area contributed by atoms with Crippen molar-refractivity contribution in [2.75, 3.05) is 17.8 Å². The fraction of sp³-hybridized carbons (Fsp3) is 0.222. The predicted octanol–water partition coefficient (Wildman–Crippen LogP) is 1.51. The predicted molar refractivity (Wildman–Crippen MR) is 108 cm³/mol. The second kappa shape index (κ2) is 7.38. The molecule has 0 spiro atoms. The van der Waals surface area contributed by atoms with Crippen LogP contribution in [0, 0.1) is 0 Å². The van der Waals surface area contributed by atoms with Crippen molar-refractivity contribution in [2.45, 2.75) is 22.6 Å². The van der Waals surface area contributed by atoms with E-state index in [0.29, 0.717) is 24.1 Å². The van der Waals surface area contributed by atoms with Crippen LogP contribution >= 0.6 is 0 Å². The molecule has 1 aromatic heterocycles. The van der Waals surface area contributed by atoms with E-state index in [9.17, 15) is 21.6 Å². The highest BCUT2D eigenvalue weighted by Gasteiger charge is 2.26. The monoisotopic (exact) mass is 450 g/mol. The Morgan fingerprint density at radius 2 is 1.63 bits per heavy atom. The van der Waals surface area contributed by atoms with E-state index in [0.717, 1.165) is 12.8 Å². The number of nitrogens with two attached hydrogens (primary N) is 1. The number of aromatic nitrogens is 1. The Balaban J connectivity index is 1.64. The first-order valence-corrected chi connectivity index (χ1v) is 12.0. The first kappa shape index (κ1) is 20.3. The minimum absolute atomic E-state index is 0.0708. The molecule has 0 aliphatic carbocycles. The van der Waals surface area contributed by atoms with Gasteiger partial charge in [-0.05, 0) is 55.3 Å². The van der Waals surface area contributed by atoms with E-state index >= 15 is 0 Å². The first-order valence-electron chi connectivity index (χ1n) is 8.99. The van der Waals surface area contributed by atoms with Crippen molar-refractivity contribution in [2.24, 2.45) is 5.14 Å². The van der Waals surface area contributed by atoms with Crippen molar-refractivity contribution >= 4 is 42.6 Å². The van der Waals surface area contributed by atoms with Gasteiger partial charge < -0.3 is 9.42 Å². The number of carbonyl (C=O) groups excluding carboxylic acids is 1. The number of anilines is 1. The molecule has 0 atom stereocenters. The molecule has 1 fully saturated rings. The van der Waals surface area contributed by atoms with E-state index in [1.54, 1.807) is 4.90 Å². The first-order chi connectivity index (χ1) is 14.1. The zero-order valence-electron chi connectivity index (χ0n) is 15.6. The summed E-state index contributed by atoms with van der Waals surface area (Å²) in [4.78, 5) is 14.1. The lowest BCUT2D eigenvalue weighted by atomic mass is 10.2. The van der Waals surface area contributed by atoms with Crippen LogP contribution in [0.1, 0.15) is 23.3 Å². The molecule has 158 valence electrons. The average Bonchev–Trinajstić information content (AvgIpc) is 3.36. The molecule has 3 N–H and O–H groups in total. The van der Waals surface area contributed by atoms with Crippen molar-refractivity contribution in [3.8, 4) is 0 Å². The highest BCUT2D eigenvalue weighted by molar-refractivity contribution is 7.92. The molecular weight excluding hydrogens is 432 g/mol. The van der Waals surface area contributed by atoms with E-state index < -0.39 is 20.0 Å². The van der Waals surface area contributed by atoms with Crippen LogP contribution < -0.4 is 9.86 Å². The summed E-state index contributed by atoms with van der Waals surface area (Å²) in [7, 11) is -7.90. The third-order valence-corrected chi connectivity index (χ3v) is 7.09. The van der Waals surface area contributed by atoms with Crippen LogP contribution in [0.4, 0.5) is 5.69 Å². The topological polar surface area (TPSA) is 153 Å². The molecule has 1 aliphatic heterocycles. The molecule has 10 nitrogen and oxygen atoms in total. The van der Waals surface area contributed by atoms with E-state index in [2.05, 4.69) is 9.88 Å². The summed E-state index contributed by atoms with van der Waals surface area (Å²) >= 11 is 0. The summed E-state index contributed by atoms with van der Waals surface area (Å²) in [6.07, 6.45) is 1.82. The zero-order chi connectivity index (χ0) is 21.5. The number of hydrogen-bond acceptors (Lipinski definition) is 7. The Kier molecular flexibility index (Phi) is 5.00. The summed E-state index contributed by atoms with van der Waals surface area (Å²) in [5.74, 6) is -0.299. The summed E-state index contributed by atoms with van der Waals surface area (Å²) in [6, 6.07) is 9.07. The van der Waals surface area contributed by atoms with Crippen LogP contribution in [-0.4, -0.2) is 45.9 Å². The molecule has 0 unspecified atom stereocenters. The van der Waals surface area contributed by atoms with E-state index in [4.69, 9.17) is 9.66 Å². The summed E-state index contributed by atoms with van der Waals surface area (Å²) < 4.78 is 55.8. The van der Waals surface area contributed by atoms with E-state index in [1.165, 1.54) is 42.5 Å². The lowest BCUT2D eigenvalue weighted by Crippen LogP contribution is -2.28. The molecule has 0 saturated carbocycles. The molecule has 4 rings (SSSR count). The number of rotatable bonds is 5. The SMILES string of the molecule is NS(=O)(=O)c1ccc(NS(=O)(=O)c2ccc3onc(C(=O)N4CCCC4)c3c2)cc1. The van der Waals surface area contributed by atoms with Gasteiger partial charge in [-0.15, -0.1) is 0 Å². The van der Waals surface area contributed by atoms with Gasteiger partial charge in [-0.2, -0.15) is 0 Å². The van der Waals surface area contributed by atoms with Gasteiger partial charge in [-0.25, -0.2) is 22.0 Å². The van der Waals surface area contributed by atoms with Gasteiger partial charge in [-0.3, -0.25) is 9.52 Å². The smallest absolute Gasteiger partial charge is 0.276 e. The normalized spacial score (nSPS) is 14.9. The van der Waals surface area contributed by atoms with E-state index in [-0.39, 0.29) is 27.1 Å². The molecule has 0 bridgehead atoms. The van der Waals surface area contributed by atoms with Crippen LogP contribution in [0.3, 0.4) is 0 Å². The van der Waals surface area contributed by atoms with Gasteiger partial charge in [0.05, 0.1) is 15.2 Å². The third-order valence-electron chi connectivity index (χ3n) is 4.78. The van der Waals surface area contributed by atoms with Gasteiger partial charge in [0, 0.05) is 18.8 Å². The highest BCUT2D eigenvalue weighted by Crippen LogP contribution is 2.26. The molecule has 3 aromatic rings. The van der Waals surface area contributed by atoms with Crippen LogP contribution in [-0.2, 0) is 20.0 Å². The number of likely N-dealkylation sites (tertiary alicyclic amines) is 1. The molecule has 1 amide bonds. The molecule has 12 heteroatoms. The second-order valence-corrected chi connectivity index (χ2v) is 10.1. The van der Waals surface area contributed by atoms with Gasteiger partial charge in [0.2, 0.25) is 10.0 Å². The standard InChI is InChI=1S/C18H18N4O6S2/c19-29(24,25)13-5-3-12(4-6-13)21-30(26,27)14-7-8-16-15(11-14)17(20-28-16)18(23)22-9-1-2-10-22/h3-8,11,21H,1-2,9-10H2,(H2,19,24,25). The number of hydrogen-bond donors (Lipinski definition) is 2. The van der Waals surface area contributed by atoms with Gasteiger partial charge >= 0.3 is 0 Å². The van der Waals surface area contributed by atoms with Crippen LogP contribution in [0.5, 0.6) is 0 Å². The number of benzene rings is 2. The van der Waals surface area contributed by atoms with Crippen LogP contribution in [0.2, 0.25) is 0 Å². The van der Waals surface area contributed by atoms with Crippen molar-refractivity contribution in [3.63, 3.8) is 0 Å². The van der Waals surface area contributed by atoms with Crippen molar-refractivity contribution in [1.82, 2.24) is 10.1 Å². The summed E-state index contributed by atoms with van der Waals surface area (Å²) in [6.45, 7) is 1.25. The molecular formula is C18H18N4O6S2. The van der Waals surface area contributed by atoms with Gasteiger partial charge in [0.25, 0.3) is 15.9 Å². The van der Waals surface area contributed by atoms with Gasteiger partial charge in [0.1, 0.15) is 0 Å². The highest BCUT2D eigenvalue weighted by atomic mass is 32.2. The summed E-state index contributed by atoms with van der Waals surface area (Å²) in [5, 5.41) is 9.17. The molecule has 30 heavy (non-hydrogen) atoms. The Labute approximate surface area is 172 Å². The largest absolute Gasteiger partial charge is 0.355 e. The number of fused-ring (bicyclic) bond motifs is 1. The number of nitrogens with one attached hydrogen (secondary N) is 1. The fourth-order valence-corrected chi connectivity index (χ4v) is 4.84. The Bertz CT molecular complexity index is 1320. The molecule has 2 aromatic carbocycles. The van der Waals surface area contributed by atoms with Gasteiger partial charge in [-0.1, -0.05) is 5.16 Å². The molecule has 2 heterocycles. The minimum atomic E-state index is -4.02. The quantitative estimate of drug-likeness (QED) is 0.597. The number of primary sulfonamides is 1. The lowest BCUT2D eigenvalue weighted by molar-refractivity contribution is 0.0784. The minimum Gasteiger partial charge on any atom is -0.355 e. The average molecular weight is 450 g/mol. The second-order valence-electron chi connectivity index (χ2n) is 6.86. The number of sulfonamides is 2. The van der Waals surface area contributed by atoms with Crippen molar-refractivity contribution in [1.29, 1.82) is 0 Å². The number of amides is 1. The Morgan fingerprint density at radius 1 is 1.00 bits per heavy atom.